The predicted molar refractivity (Wildman–Crippen MR) is 119 cm³/mol. The second-order valence-corrected chi connectivity index (χ2v) is 8.96. The average Bonchev–Trinajstić information content (AvgIpc) is 2.73. The summed E-state index contributed by atoms with van der Waals surface area (Å²) in [5, 5.41) is 10.4. The van der Waals surface area contributed by atoms with Crippen LogP contribution in [-0.2, 0) is 16.0 Å². The summed E-state index contributed by atoms with van der Waals surface area (Å²) >= 11 is 0. The van der Waals surface area contributed by atoms with E-state index in [4.69, 9.17) is 9.47 Å². The zero-order valence-corrected chi connectivity index (χ0v) is 19.6. The quantitative estimate of drug-likeness (QED) is 0.635. The second kappa shape index (κ2) is 10.8. The number of alkyl halides is 3. The van der Waals surface area contributed by atoms with Crippen molar-refractivity contribution in [3.8, 4) is 11.6 Å². The van der Waals surface area contributed by atoms with E-state index < -0.39 is 23.6 Å². The molecule has 9 nitrogen and oxygen atoms in total. The first-order valence-electron chi connectivity index (χ1n) is 11.0. The van der Waals surface area contributed by atoms with E-state index in [1.54, 1.807) is 11.0 Å². The number of rotatable bonds is 6. The van der Waals surface area contributed by atoms with E-state index in [1.165, 1.54) is 18.2 Å². The summed E-state index contributed by atoms with van der Waals surface area (Å²) in [5.41, 5.74) is -0.210. The smallest absolute Gasteiger partial charge is 0.473 e. The van der Waals surface area contributed by atoms with Crippen LogP contribution < -0.4 is 14.8 Å². The van der Waals surface area contributed by atoms with E-state index in [0.29, 0.717) is 31.5 Å². The SMILES string of the molecule is CC(C)(C)OC(=O)N1CCC(Oc2ccc(NC(=O)Cc3cccc(OC(F)(F)F)c3)nn2)CC1. The Hall–Kier alpha value is -3.57. The van der Waals surface area contributed by atoms with Gasteiger partial charge >= 0.3 is 12.5 Å². The van der Waals surface area contributed by atoms with Gasteiger partial charge in [-0.15, -0.1) is 23.4 Å². The summed E-state index contributed by atoms with van der Waals surface area (Å²) < 4.78 is 52.1. The molecule has 12 heteroatoms. The number of ether oxygens (including phenoxy) is 3. The van der Waals surface area contributed by atoms with Crippen molar-refractivity contribution in [1.29, 1.82) is 0 Å². The van der Waals surface area contributed by atoms with Gasteiger partial charge in [-0.3, -0.25) is 4.79 Å². The molecule has 3 rings (SSSR count). The highest BCUT2D eigenvalue weighted by molar-refractivity contribution is 5.91. The van der Waals surface area contributed by atoms with Crippen LogP contribution in [0.1, 0.15) is 39.2 Å². The fraction of sp³-hybridized carbons (Fsp3) is 0.478. The van der Waals surface area contributed by atoms with Crippen molar-refractivity contribution in [3.63, 3.8) is 0 Å². The highest BCUT2D eigenvalue weighted by Crippen LogP contribution is 2.24. The van der Waals surface area contributed by atoms with Crippen molar-refractivity contribution in [2.45, 2.75) is 58.1 Å². The maximum atomic E-state index is 12.4. The van der Waals surface area contributed by atoms with Gasteiger partial charge in [-0.25, -0.2) is 4.79 Å². The first kappa shape index (κ1) is 26.0. The number of carbonyl (C=O) groups excluding carboxylic acids is 2. The van der Waals surface area contributed by atoms with Crippen LogP contribution in [0, 0.1) is 0 Å². The molecule has 2 amide bonds. The van der Waals surface area contributed by atoms with Crippen LogP contribution in [0.5, 0.6) is 11.6 Å². The maximum absolute atomic E-state index is 12.4. The van der Waals surface area contributed by atoms with Crippen LogP contribution in [0.2, 0.25) is 0 Å². The largest absolute Gasteiger partial charge is 0.573 e. The van der Waals surface area contributed by atoms with Crippen LogP contribution >= 0.6 is 0 Å². The van der Waals surface area contributed by atoms with E-state index in [2.05, 4.69) is 20.3 Å². The molecule has 1 saturated heterocycles. The summed E-state index contributed by atoms with van der Waals surface area (Å²) in [5.74, 6) is -0.437. The number of hydrogen-bond donors (Lipinski definition) is 1. The van der Waals surface area contributed by atoms with E-state index in [9.17, 15) is 22.8 Å². The Labute approximate surface area is 200 Å². The molecule has 0 bridgehead atoms. The van der Waals surface area contributed by atoms with Gasteiger partial charge < -0.3 is 24.4 Å². The lowest BCUT2D eigenvalue weighted by Gasteiger charge is -2.33. The highest BCUT2D eigenvalue weighted by Gasteiger charge is 2.31. The van der Waals surface area contributed by atoms with Gasteiger partial charge in [0, 0.05) is 32.0 Å². The molecule has 0 unspecified atom stereocenters. The van der Waals surface area contributed by atoms with E-state index in [-0.39, 0.29) is 30.3 Å². The zero-order valence-electron chi connectivity index (χ0n) is 19.6. The third-order valence-electron chi connectivity index (χ3n) is 4.79. The molecule has 2 heterocycles. The number of anilines is 1. The topological polar surface area (TPSA) is 103 Å². The first-order chi connectivity index (χ1) is 16.4. The normalized spacial score (nSPS) is 14.9. The molecular formula is C23H27F3N4O5. The monoisotopic (exact) mass is 496 g/mol. The number of halogens is 3. The maximum Gasteiger partial charge on any atom is 0.573 e. The first-order valence-corrected chi connectivity index (χ1v) is 11.0. The van der Waals surface area contributed by atoms with Gasteiger partial charge in [-0.2, -0.15) is 0 Å². The van der Waals surface area contributed by atoms with Gasteiger partial charge in [0.15, 0.2) is 5.82 Å². The Kier molecular flexibility index (Phi) is 8.03. The van der Waals surface area contributed by atoms with Gasteiger partial charge in [0.1, 0.15) is 17.5 Å². The number of aromatic nitrogens is 2. The molecule has 0 saturated carbocycles. The minimum absolute atomic E-state index is 0.144. The predicted octanol–water partition coefficient (Wildman–Crippen LogP) is 4.33. The van der Waals surface area contributed by atoms with E-state index >= 15 is 0 Å². The fourth-order valence-corrected chi connectivity index (χ4v) is 3.33. The number of likely N-dealkylation sites (tertiary alicyclic amines) is 1. The molecule has 35 heavy (non-hydrogen) atoms. The Morgan fingerprint density at radius 3 is 2.40 bits per heavy atom. The summed E-state index contributed by atoms with van der Waals surface area (Å²) in [6.45, 7) is 6.44. The molecule has 1 N–H and O–H groups in total. The van der Waals surface area contributed by atoms with Crippen LogP contribution in [0.4, 0.5) is 23.8 Å². The van der Waals surface area contributed by atoms with Crippen LogP contribution in [0.25, 0.3) is 0 Å². The lowest BCUT2D eigenvalue weighted by atomic mass is 10.1. The second-order valence-electron chi connectivity index (χ2n) is 8.96. The summed E-state index contributed by atoms with van der Waals surface area (Å²) in [6, 6.07) is 8.25. The molecular weight excluding hydrogens is 469 g/mol. The molecule has 1 aromatic carbocycles. The molecule has 0 radical (unpaired) electrons. The third-order valence-corrected chi connectivity index (χ3v) is 4.79. The summed E-state index contributed by atoms with van der Waals surface area (Å²) in [6.07, 6.45) is -4.27. The Bertz CT molecular complexity index is 1020. The minimum Gasteiger partial charge on any atom is -0.473 e. The van der Waals surface area contributed by atoms with Crippen LogP contribution in [0.3, 0.4) is 0 Å². The van der Waals surface area contributed by atoms with Gasteiger partial charge in [0.05, 0.1) is 6.42 Å². The minimum atomic E-state index is -4.81. The Balaban J connectivity index is 1.45. The van der Waals surface area contributed by atoms with Crippen molar-refractivity contribution in [1.82, 2.24) is 15.1 Å². The molecule has 1 aliphatic heterocycles. The number of amides is 2. The number of benzene rings is 1. The van der Waals surface area contributed by atoms with E-state index in [1.807, 2.05) is 20.8 Å². The number of carbonyl (C=O) groups is 2. The molecule has 0 spiro atoms. The summed E-state index contributed by atoms with van der Waals surface area (Å²) in [7, 11) is 0. The highest BCUT2D eigenvalue weighted by atomic mass is 19.4. The molecule has 190 valence electrons. The van der Waals surface area contributed by atoms with Gasteiger partial charge in [-0.1, -0.05) is 12.1 Å². The molecule has 1 aromatic heterocycles. The Morgan fingerprint density at radius 1 is 1.09 bits per heavy atom. The number of hydrogen-bond acceptors (Lipinski definition) is 7. The number of nitrogens with one attached hydrogen (secondary N) is 1. The van der Waals surface area contributed by atoms with Crippen LogP contribution in [-0.4, -0.2) is 58.3 Å². The van der Waals surface area contributed by atoms with Crippen LogP contribution in [0.15, 0.2) is 36.4 Å². The average molecular weight is 496 g/mol. The number of piperidine rings is 1. The van der Waals surface area contributed by atoms with Crippen molar-refractivity contribution in [3.05, 3.63) is 42.0 Å². The zero-order chi connectivity index (χ0) is 25.6. The van der Waals surface area contributed by atoms with Crippen molar-refractivity contribution >= 4 is 17.8 Å². The summed E-state index contributed by atoms with van der Waals surface area (Å²) in [4.78, 5) is 26.0. The number of nitrogens with zero attached hydrogens (tertiary/aromatic N) is 3. The van der Waals surface area contributed by atoms with Gasteiger partial charge in [0.2, 0.25) is 11.8 Å². The molecule has 0 aliphatic carbocycles. The van der Waals surface area contributed by atoms with Gasteiger partial charge in [0.25, 0.3) is 0 Å². The standard InChI is InChI=1S/C23H27F3N4O5/c1-22(2,3)35-21(32)30-11-9-16(10-12-30)33-20-8-7-18(28-29-20)27-19(31)14-15-5-4-6-17(13-15)34-23(24,25)26/h4-8,13,16H,9-12,14H2,1-3H3,(H,27,28,31). The Morgan fingerprint density at radius 2 is 1.80 bits per heavy atom. The molecule has 1 fully saturated rings. The van der Waals surface area contributed by atoms with Crippen molar-refractivity contribution in [2.24, 2.45) is 0 Å². The fourth-order valence-electron chi connectivity index (χ4n) is 3.33. The lowest BCUT2D eigenvalue weighted by Crippen LogP contribution is -2.44. The molecule has 0 atom stereocenters. The molecule has 2 aromatic rings. The van der Waals surface area contributed by atoms with Crippen molar-refractivity contribution in [2.75, 3.05) is 18.4 Å². The van der Waals surface area contributed by atoms with Crippen molar-refractivity contribution < 1.29 is 37.0 Å². The third kappa shape index (κ3) is 8.95. The lowest BCUT2D eigenvalue weighted by molar-refractivity contribution is -0.274. The molecule has 1 aliphatic rings. The van der Waals surface area contributed by atoms with E-state index in [0.717, 1.165) is 12.1 Å². The van der Waals surface area contributed by atoms with Gasteiger partial charge in [-0.05, 0) is 44.5 Å².